The van der Waals surface area contributed by atoms with Crippen LogP contribution in [0.15, 0.2) is 18.2 Å². The lowest BCUT2D eigenvalue weighted by Crippen LogP contribution is -2.47. The Morgan fingerprint density at radius 2 is 2.00 bits per heavy atom. The molecule has 2 unspecified atom stereocenters. The molecular formula is C16H20N2O2. The van der Waals surface area contributed by atoms with Crippen LogP contribution < -0.4 is 4.74 Å². The van der Waals surface area contributed by atoms with E-state index in [4.69, 9.17) is 10.00 Å². The summed E-state index contributed by atoms with van der Waals surface area (Å²) in [5.41, 5.74) is 0.591. The van der Waals surface area contributed by atoms with Crippen LogP contribution in [0.4, 0.5) is 0 Å². The van der Waals surface area contributed by atoms with Gasteiger partial charge in [0.05, 0.1) is 18.3 Å². The number of piperidine rings is 1. The van der Waals surface area contributed by atoms with Crippen molar-refractivity contribution in [3.8, 4) is 11.8 Å². The molecule has 1 aromatic carbocycles. The monoisotopic (exact) mass is 272 g/mol. The van der Waals surface area contributed by atoms with E-state index in [0.717, 1.165) is 31.2 Å². The summed E-state index contributed by atoms with van der Waals surface area (Å²) in [5.74, 6) is 0.546. The lowest BCUT2D eigenvalue weighted by molar-refractivity contribution is -0.0494. The number of fused-ring (bicyclic) bond motifs is 2. The van der Waals surface area contributed by atoms with Crippen molar-refractivity contribution in [1.29, 1.82) is 5.26 Å². The molecule has 2 aliphatic heterocycles. The molecule has 2 atom stereocenters. The number of hydrogen-bond acceptors (Lipinski definition) is 4. The molecule has 0 aromatic heterocycles. The molecule has 2 aliphatic rings. The second-order valence-electron chi connectivity index (χ2n) is 6.02. The van der Waals surface area contributed by atoms with Gasteiger partial charge in [-0.25, -0.2) is 0 Å². The van der Waals surface area contributed by atoms with Crippen molar-refractivity contribution in [2.24, 2.45) is 0 Å². The Hall–Kier alpha value is -1.57. The molecule has 2 heterocycles. The minimum Gasteiger partial charge on any atom is -0.495 e. The smallest absolute Gasteiger partial charge is 0.136 e. The molecule has 3 rings (SSSR count). The van der Waals surface area contributed by atoms with E-state index in [0.29, 0.717) is 23.4 Å². The van der Waals surface area contributed by atoms with Crippen LogP contribution in [0.5, 0.6) is 5.75 Å². The van der Waals surface area contributed by atoms with Gasteiger partial charge in [0.25, 0.3) is 0 Å². The number of nitrogens with zero attached hydrogens (tertiary/aromatic N) is 2. The Morgan fingerprint density at radius 3 is 2.55 bits per heavy atom. The van der Waals surface area contributed by atoms with Gasteiger partial charge in [-0.15, -0.1) is 0 Å². The highest BCUT2D eigenvalue weighted by Gasteiger charge is 2.46. The van der Waals surface area contributed by atoms with Crippen LogP contribution in [0.1, 0.15) is 36.8 Å². The Morgan fingerprint density at radius 1 is 1.35 bits per heavy atom. The van der Waals surface area contributed by atoms with Gasteiger partial charge < -0.3 is 14.7 Å². The Labute approximate surface area is 119 Å². The predicted molar refractivity (Wildman–Crippen MR) is 75.4 cm³/mol. The van der Waals surface area contributed by atoms with Gasteiger partial charge in [-0.2, -0.15) is 5.26 Å². The van der Waals surface area contributed by atoms with E-state index in [9.17, 15) is 5.11 Å². The van der Waals surface area contributed by atoms with Crippen LogP contribution in [0.2, 0.25) is 0 Å². The van der Waals surface area contributed by atoms with Gasteiger partial charge in [0.2, 0.25) is 0 Å². The summed E-state index contributed by atoms with van der Waals surface area (Å²) in [6.45, 7) is 0. The maximum Gasteiger partial charge on any atom is 0.136 e. The van der Waals surface area contributed by atoms with Gasteiger partial charge in [0.15, 0.2) is 0 Å². The summed E-state index contributed by atoms with van der Waals surface area (Å²) in [7, 11) is 3.71. The van der Waals surface area contributed by atoms with E-state index in [1.165, 1.54) is 0 Å². The van der Waals surface area contributed by atoms with Gasteiger partial charge in [-0.05, 0) is 50.4 Å². The Balaban J connectivity index is 1.95. The van der Waals surface area contributed by atoms with E-state index in [2.05, 4.69) is 18.0 Å². The van der Waals surface area contributed by atoms with Crippen molar-refractivity contribution in [2.75, 3.05) is 14.2 Å². The van der Waals surface area contributed by atoms with Crippen LogP contribution in [-0.2, 0) is 5.60 Å². The molecule has 0 spiro atoms. The molecular weight excluding hydrogens is 252 g/mol. The average Bonchev–Trinajstić information content (AvgIpc) is 2.69. The number of methoxy groups -OCH3 is 1. The number of nitriles is 1. The molecule has 0 saturated carbocycles. The summed E-state index contributed by atoms with van der Waals surface area (Å²) in [6.07, 6.45) is 3.85. The number of hydrogen-bond donors (Lipinski definition) is 1. The SMILES string of the molecule is COc1cc(C2(O)CC3CCC(C2)N3C)ccc1C#N. The van der Waals surface area contributed by atoms with Crippen molar-refractivity contribution >= 4 is 0 Å². The fourth-order valence-corrected chi connectivity index (χ4v) is 3.75. The van der Waals surface area contributed by atoms with Crippen molar-refractivity contribution in [3.05, 3.63) is 29.3 Å². The third kappa shape index (κ3) is 1.98. The zero-order chi connectivity index (χ0) is 14.3. The van der Waals surface area contributed by atoms with Crippen molar-refractivity contribution in [3.63, 3.8) is 0 Å². The van der Waals surface area contributed by atoms with Gasteiger partial charge in [0, 0.05) is 12.1 Å². The zero-order valence-corrected chi connectivity index (χ0v) is 12.0. The van der Waals surface area contributed by atoms with Gasteiger partial charge in [-0.3, -0.25) is 0 Å². The third-order valence-electron chi connectivity index (χ3n) is 4.99. The van der Waals surface area contributed by atoms with E-state index >= 15 is 0 Å². The summed E-state index contributed by atoms with van der Waals surface area (Å²) in [4.78, 5) is 2.40. The van der Waals surface area contributed by atoms with Crippen LogP contribution in [0.3, 0.4) is 0 Å². The van der Waals surface area contributed by atoms with Crippen LogP contribution in [0.25, 0.3) is 0 Å². The lowest BCUT2D eigenvalue weighted by Gasteiger charge is -2.42. The Kier molecular flexibility index (Phi) is 3.19. The molecule has 20 heavy (non-hydrogen) atoms. The standard InChI is InChI=1S/C16H20N2O2/c1-18-13-5-6-14(18)9-16(19,8-13)12-4-3-11(10-17)15(7-12)20-2/h3-4,7,13-14,19H,5-6,8-9H2,1-2H3. The number of aliphatic hydroxyl groups is 1. The maximum absolute atomic E-state index is 11.1. The Bertz CT molecular complexity index is 550. The molecule has 1 aromatic rings. The number of benzene rings is 1. The molecule has 2 fully saturated rings. The van der Waals surface area contributed by atoms with E-state index in [-0.39, 0.29) is 0 Å². The molecule has 4 heteroatoms. The first-order valence-corrected chi connectivity index (χ1v) is 7.10. The molecule has 0 radical (unpaired) electrons. The fraction of sp³-hybridized carbons (Fsp3) is 0.562. The van der Waals surface area contributed by atoms with Gasteiger partial charge >= 0.3 is 0 Å². The number of rotatable bonds is 2. The minimum absolute atomic E-state index is 0.459. The number of ether oxygens (including phenoxy) is 1. The first-order valence-electron chi connectivity index (χ1n) is 7.10. The summed E-state index contributed by atoms with van der Waals surface area (Å²) < 4.78 is 5.26. The largest absolute Gasteiger partial charge is 0.495 e. The average molecular weight is 272 g/mol. The van der Waals surface area contributed by atoms with Crippen LogP contribution in [-0.4, -0.2) is 36.2 Å². The lowest BCUT2D eigenvalue weighted by atomic mass is 9.80. The normalized spacial score (nSPS) is 32.9. The zero-order valence-electron chi connectivity index (χ0n) is 12.0. The molecule has 2 saturated heterocycles. The quantitative estimate of drug-likeness (QED) is 0.894. The minimum atomic E-state index is -0.792. The summed E-state index contributed by atoms with van der Waals surface area (Å²) in [5, 5.41) is 20.1. The summed E-state index contributed by atoms with van der Waals surface area (Å²) in [6, 6.07) is 8.46. The van der Waals surface area contributed by atoms with Crippen molar-refractivity contribution in [1.82, 2.24) is 4.90 Å². The van der Waals surface area contributed by atoms with E-state index in [1.807, 2.05) is 12.1 Å². The molecule has 1 N–H and O–H groups in total. The second kappa shape index (κ2) is 4.76. The highest BCUT2D eigenvalue weighted by Crippen LogP contribution is 2.45. The molecule has 0 amide bonds. The summed E-state index contributed by atoms with van der Waals surface area (Å²) >= 11 is 0. The highest BCUT2D eigenvalue weighted by molar-refractivity contribution is 5.46. The third-order valence-corrected chi connectivity index (χ3v) is 4.99. The fourth-order valence-electron chi connectivity index (χ4n) is 3.75. The van der Waals surface area contributed by atoms with Crippen molar-refractivity contribution in [2.45, 2.75) is 43.4 Å². The second-order valence-corrected chi connectivity index (χ2v) is 6.02. The highest BCUT2D eigenvalue weighted by atomic mass is 16.5. The van der Waals surface area contributed by atoms with E-state index < -0.39 is 5.60 Å². The molecule has 4 nitrogen and oxygen atoms in total. The molecule has 106 valence electrons. The molecule has 2 bridgehead atoms. The van der Waals surface area contributed by atoms with Gasteiger partial charge in [-0.1, -0.05) is 6.07 Å². The topological polar surface area (TPSA) is 56.5 Å². The predicted octanol–water partition coefficient (Wildman–Crippen LogP) is 2.01. The molecule has 0 aliphatic carbocycles. The maximum atomic E-state index is 11.1. The van der Waals surface area contributed by atoms with E-state index in [1.54, 1.807) is 13.2 Å². The van der Waals surface area contributed by atoms with Crippen molar-refractivity contribution < 1.29 is 9.84 Å². The first-order chi connectivity index (χ1) is 9.57. The van der Waals surface area contributed by atoms with Crippen LogP contribution >= 0.6 is 0 Å². The first kappa shape index (κ1) is 13.4. The van der Waals surface area contributed by atoms with Crippen LogP contribution in [0, 0.1) is 11.3 Å². The van der Waals surface area contributed by atoms with Gasteiger partial charge in [0.1, 0.15) is 11.8 Å².